The maximum absolute atomic E-state index is 12.8. The first-order chi connectivity index (χ1) is 15.6. The molecule has 32 heavy (non-hydrogen) atoms. The van der Waals surface area contributed by atoms with Crippen LogP contribution in [0.5, 0.6) is 11.5 Å². The number of nitrogens with one attached hydrogen (secondary N) is 1. The Bertz CT molecular complexity index is 1100. The Balaban J connectivity index is 1.36. The van der Waals surface area contributed by atoms with E-state index in [0.717, 1.165) is 11.1 Å². The molecule has 1 fully saturated rings. The summed E-state index contributed by atoms with van der Waals surface area (Å²) in [6, 6.07) is 15.3. The lowest BCUT2D eigenvalue weighted by atomic mass is 10.2. The molecule has 4 rings (SSSR count). The molecule has 0 radical (unpaired) electrons. The number of amides is 3. The zero-order chi connectivity index (χ0) is 22.5. The number of ether oxygens (including phenoxy) is 2. The van der Waals surface area contributed by atoms with Crippen LogP contribution in [0.2, 0.25) is 0 Å². The van der Waals surface area contributed by atoms with E-state index in [1.54, 1.807) is 30.1 Å². The minimum absolute atomic E-state index is 0.0968. The molecular weight excluding hydrogens is 428 g/mol. The molecule has 1 aromatic heterocycles. The van der Waals surface area contributed by atoms with Gasteiger partial charge in [0.1, 0.15) is 4.88 Å². The number of aromatic nitrogens is 1. The summed E-state index contributed by atoms with van der Waals surface area (Å²) in [5, 5.41) is 3.41. The van der Waals surface area contributed by atoms with Crippen molar-refractivity contribution in [2.45, 2.75) is 13.1 Å². The van der Waals surface area contributed by atoms with Crippen LogP contribution in [0.4, 0.5) is 9.93 Å². The van der Waals surface area contributed by atoms with E-state index in [0.29, 0.717) is 47.7 Å². The van der Waals surface area contributed by atoms with Gasteiger partial charge in [0.15, 0.2) is 16.6 Å². The second-order valence-electron chi connectivity index (χ2n) is 7.22. The van der Waals surface area contributed by atoms with Crippen LogP contribution in [0, 0.1) is 0 Å². The summed E-state index contributed by atoms with van der Waals surface area (Å²) >= 11 is 1.21. The first-order valence-corrected chi connectivity index (χ1v) is 11.0. The van der Waals surface area contributed by atoms with E-state index in [1.807, 2.05) is 42.5 Å². The van der Waals surface area contributed by atoms with Gasteiger partial charge in [-0.15, -0.1) is 0 Å². The normalized spacial score (nSPS) is 13.4. The Hall–Kier alpha value is -3.59. The molecule has 0 saturated carbocycles. The van der Waals surface area contributed by atoms with Gasteiger partial charge in [-0.3, -0.25) is 9.69 Å². The number of methoxy groups -OCH3 is 2. The Morgan fingerprint density at radius 3 is 2.59 bits per heavy atom. The molecule has 2 heterocycles. The summed E-state index contributed by atoms with van der Waals surface area (Å²) in [6.07, 6.45) is 1.51. The molecule has 1 saturated heterocycles. The number of benzene rings is 2. The number of anilines is 1. The molecule has 2 aromatic carbocycles. The van der Waals surface area contributed by atoms with Crippen molar-refractivity contribution in [3.8, 4) is 11.5 Å². The second-order valence-corrected chi connectivity index (χ2v) is 8.23. The summed E-state index contributed by atoms with van der Waals surface area (Å²) in [5.74, 6) is 0.995. The van der Waals surface area contributed by atoms with Crippen molar-refractivity contribution in [1.82, 2.24) is 15.2 Å². The number of hydrogen-bond donors (Lipinski definition) is 1. The van der Waals surface area contributed by atoms with Gasteiger partial charge in [-0.05, 0) is 23.3 Å². The van der Waals surface area contributed by atoms with E-state index in [-0.39, 0.29) is 11.9 Å². The van der Waals surface area contributed by atoms with Gasteiger partial charge in [-0.2, -0.15) is 0 Å². The summed E-state index contributed by atoms with van der Waals surface area (Å²) in [6.45, 7) is 2.06. The number of carbonyl (C=O) groups is 2. The number of hydrogen-bond acceptors (Lipinski definition) is 6. The van der Waals surface area contributed by atoms with Crippen molar-refractivity contribution in [2.24, 2.45) is 0 Å². The van der Waals surface area contributed by atoms with Crippen molar-refractivity contribution in [2.75, 3.05) is 32.2 Å². The smallest absolute Gasteiger partial charge is 0.326 e. The van der Waals surface area contributed by atoms with Crippen molar-refractivity contribution >= 4 is 28.4 Å². The fraction of sp³-hybridized carbons (Fsp3) is 0.261. The topological polar surface area (TPSA) is 84.0 Å². The predicted octanol–water partition coefficient (Wildman–Crippen LogP) is 3.53. The molecule has 1 N–H and O–H groups in total. The highest BCUT2D eigenvalue weighted by Gasteiger charge is 2.31. The summed E-state index contributed by atoms with van der Waals surface area (Å²) in [7, 11) is 3.15. The molecule has 0 unspecified atom stereocenters. The minimum atomic E-state index is -0.240. The van der Waals surface area contributed by atoms with Crippen LogP contribution in [0.15, 0.2) is 54.7 Å². The summed E-state index contributed by atoms with van der Waals surface area (Å²) in [4.78, 5) is 33.6. The van der Waals surface area contributed by atoms with E-state index in [2.05, 4.69) is 10.3 Å². The molecule has 8 nitrogen and oxygen atoms in total. The number of rotatable bonds is 8. The van der Waals surface area contributed by atoms with Crippen LogP contribution in [0.1, 0.15) is 20.8 Å². The third kappa shape index (κ3) is 4.67. The molecule has 0 bridgehead atoms. The standard InChI is InChI=1S/C23H24N4O4S/c1-30-18-9-8-17(12-19(18)31-2)13-24-21(28)20-14-25-22(32-20)27-11-10-26(23(27)29)15-16-6-4-3-5-7-16/h3-9,12,14H,10-11,13,15H2,1-2H3,(H,24,28). The van der Waals surface area contributed by atoms with Crippen molar-refractivity contribution < 1.29 is 19.1 Å². The Kier molecular flexibility index (Phi) is 6.55. The highest BCUT2D eigenvalue weighted by molar-refractivity contribution is 7.17. The third-order valence-corrected chi connectivity index (χ3v) is 6.18. The minimum Gasteiger partial charge on any atom is -0.493 e. The van der Waals surface area contributed by atoms with E-state index in [1.165, 1.54) is 17.5 Å². The van der Waals surface area contributed by atoms with E-state index in [4.69, 9.17) is 9.47 Å². The number of carbonyl (C=O) groups excluding carboxylic acids is 2. The van der Waals surface area contributed by atoms with Gasteiger partial charge in [0.2, 0.25) is 0 Å². The Morgan fingerprint density at radius 1 is 1.06 bits per heavy atom. The van der Waals surface area contributed by atoms with Crippen molar-refractivity contribution in [3.05, 3.63) is 70.7 Å². The average molecular weight is 453 g/mol. The van der Waals surface area contributed by atoms with Gasteiger partial charge in [0.25, 0.3) is 5.91 Å². The van der Waals surface area contributed by atoms with Gasteiger partial charge >= 0.3 is 6.03 Å². The molecule has 0 spiro atoms. The first kappa shape index (κ1) is 21.6. The zero-order valence-electron chi connectivity index (χ0n) is 17.9. The van der Waals surface area contributed by atoms with Gasteiger partial charge in [-0.25, -0.2) is 9.78 Å². The number of urea groups is 1. The predicted molar refractivity (Wildman–Crippen MR) is 122 cm³/mol. The number of nitrogens with zero attached hydrogens (tertiary/aromatic N) is 3. The molecule has 0 aliphatic carbocycles. The maximum atomic E-state index is 12.8. The van der Waals surface area contributed by atoms with Crippen molar-refractivity contribution in [1.29, 1.82) is 0 Å². The lowest BCUT2D eigenvalue weighted by Crippen LogP contribution is -2.31. The molecular formula is C23H24N4O4S. The second kappa shape index (κ2) is 9.69. The average Bonchev–Trinajstić information content (AvgIpc) is 3.45. The summed E-state index contributed by atoms with van der Waals surface area (Å²) in [5.41, 5.74) is 1.96. The largest absolute Gasteiger partial charge is 0.493 e. The van der Waals surface area contributed by atoms with E-state index in [9.17, 15) is 9.59 Å². The number of thiazole rings is 1. The quantitative estimate of drug-likeness (QED) is 0.565. The first-order valence-electron chi connectivity index (χ1n) is 10.1. The molecule has 3 amide bonds. The van der Waals surface area contributed by atoms with Crippen LogP contribution in [-0.4, -0.2) is 49.1 Å². The molecule has 166 valence electrons. The molecule has 3 aromatic rings. The van der Waals surface area contributed by atoms with Crippen LogP contribution >= 0.6 is 11.3 Å². The van der Waals surface area contributed by atoms with Gasteiger partial charge in [-0.1, -0.05) is 47.7 Å². The lowest BCUT2D eigenvalue weighted by molar-refractivity contribution is 0.0954. The van der Waals surface area contributed by atoms with Crippen LogP contribution in [-0.2, 0) is 13.1 Å². The van der Waals surface area contributed by atoms with Crippen LogP contribution in [0.25, 0.3) is 0 Å². The third-order valence-electron chi connectivity index (χ3n) is 5.16. The summed E-state index contributed by atoms with van der Waals surface area (Å²) < 4.78 is 10.5. The SMILES string of the molecule is COc1ccc(CNC(=O)c2cnc(N3CCN(Cc4ccccc4)C3=O)s2)cc1OC. The lowest BCUT2D eigenvalue weighted by Gasteiger charge is -2.16. The van der Waals surface area contributed by atoms with Gasteiger partial charge in [0, 0.05) is 26.2 Å². The highest BCUT2D eigenvalue weighted by atomic mass is 32.1. The molecule has 1 aliphatic heterocycles. The zero-order valence-corrected chi connectivity index (χ0v) is 18.7. The Morgan fingerprint density at radius 2 is 1.84 bits per heavy atom. The highest BCUT2D eigenvalue weighted by Crippen LogP contribution is 2.28. The van der Waals surface area contributed by atoms with Gasteiger partial charge in [0.05, 0.1) is 20.4 Å². The van der Waals surface area contributed by atoms with E-state index < -0.39 is 0 Å². The fourth-order valence-corrected chi connectivity index (χ4v) is 4.32. The van der Waals surface area contributed by atoms with Crippen molar-refractivity contribution in [3.63, 3.8) is 0 Å². The fourth-order valence-electron chi connectivity index (χ4n) is 3.47. The molecule has 1 aliphatic rings. The van der Waals surface area contributed by atoms with E-state index >= 15 is 0 Å². The molecule has 0 atom stereocenters. The molecule has 9 heteroatoms. The van der Waals surface area contributed by atoms with Gasteiger partial charge < -0.3 is 19.7 Å². The van der Waals surface area contributed by atoms with Crippen LogP contribution < -0.4 is 19.7 Å². The monoisotopic (exact) mass is 452 g/mol. The maximum Gasteiger partial charge on any atom is 0.326 e. The van der Waals surface area contributed by atoms with Crippen LogP contribution in [0.3, 0.4) is 0 Å². The Labute approximate surface area is 190 Å².